The fourth-order valence-corrected chi connectivity index (χ4v) is 0.883. The quantitative estimate of drug-likeness (QED) is 0.215. The number of hydrogen-bond acceptors (Lipinski definition) is 6. The van der Waals surface area contributed by atoms with Crippen LogP contribution in [-0.2, 0) is 9.59 Å². The molecule has 0 saturated carbocycles. The van der Waals surface area contributed by atoms with E-state index < -0.39 is 24.1 Å². The first kappa shape index (κ1) is 14.8. The number of carboxylic acids is 1. The van der Waals surface area contributed by atoms with Gasteiger partial charge in [0, 0.05) is 12.8 Å². The first-order valence-corrected chi connectivity index (χ1v) is 4.60. The van der Waals surface area contributed by atoms with Crippen molar-refractivity contribution in [2.45, 2.75) is 37.9 Å². The Kier molecular flexibility index (Phi) is 5.89. The summed E-state index contributed by atoms with van der Waals surface area (Å²) < 4.78 is 0. The maximum atomic E-state index is 11.0. The van der Waals surface area contributed by atoms with Gasteiger partial charge in [0.05, 0.1) is 0 Å². The summed E-state index contributed by atoms with van der Waals surface area (Å²) in [7, 11) is 0. The number of nitrogens with one attached hydrogen (secondary N) is 1. The largest absolute Gasteiger partial charge is 0.481 e. The molecule has 0 aromatic rings. The number of aliphatic hydroxyl groups is 4. The van der Waals surface area contributed by atoms with E-state index in [0.717, 1.165) is 0 Å². The topological polar surface area (TPSA) is 147 Å². The van der Waals surface area contributed by atoms with E-state index in [9.17, 15) is 9.59 Å². The van der Waals surface area contributed by atoms with Gasteiger partial charge in [-0.05, 0) is 12.8 Å². The molecule has 0 fully saturated rings. The standard InChI is InChI=1S/C8H15NO7/c10-5(3-1-2-4-6(11)12)9-7(13)8(14,15)16/h7,13-16H,1-4H2,(H,9,10)(H,11,12). The zero-order valence-corrected chi connectivity index (χ0v) is 8.46. The van der Waals surface area contributed by atoms with Crippen molar-refractivity contribution in [3.05, 3.63) is 0 Å². The van der Waals surface area contributed by atoms with Crippen LogP contribution >= 0.6 is 0 Å². The molecule has 0 rings (SSSR count). The lowest BCUT2D eigenvalue weighted by molar-refractivity contribution is -0.358. The monoisotopic (exact) mass is 237 g/mol. The second-order valence-corrected chi connectivity index (χ2v) is 3.26. The van der Waals surface area contributed by atoms with E-state index in [2.05, 4.69) is 0 Å². The Hall–Kier alpha value is -1.22. The highest BCUT2D eigenvalue weighted by Crippen LogP contribution is 2.02. The average Bonchev–Trinajstić information content (AvgIpc) is 2.10. The van der Waals surface area contributed by atoms with E-state index in [1.807, 2.05) is 0 Å². The highest BCUT2D eigenvalue weighted by atomic mass is 16.7. The van der Waals surface area contributed by atoms with Crippen molar-refractivity contribution >= 4 is 11.9 Å². The van der Waals surface area contributed by atoms with Crippen molar-refractivity contribution in [1.29, 1.82) is 0 Å². The number of amides is 1. The van der Waals surface area contributed by atoms with Crippen molar-refractivity contribution in [3.63, 3.8) is 0 Å². The van der Waals surface area contributed by atoms with Crippen molar-refractivity contribution in [2.24, 2.45) is 0 Å². The van der Waals surface area contributed by atoms with Crippen LogP contribution in [0.3, 0.4) is 0 Å². The highest BCUT2D eigenvalue weighted by Gasteiger charge is 2.31. The lowest BCUT2D eigenvalue weighted by atomic mass is 10.2. The van der Waals surface area contributed by atoms with Crippen LogP contribution in [0, 0.1) is 0 Å². The number of rotatable bonds is 7. The molecular weight excluding hydrogens is 222 g/mol. The minimum Gasteiger partial charge on any atom is -0.481 e. The predicted octanol–water partition coefficient (Wildman–Crippen LogP) is -2.30. The summed E-state index contributed by atoms with van der Waals surface area (Å²) in [6.45, 7) is 0. The van der Waals surface area contributed by atoms with Crippen LogP contribution < -0.4 is 5.32 Å². The molecule has 1 amide bonds. The third kappa shape index (κ3) is 7.12. The maximum absolute atomic E-state index is 11.0. The van der Waals surface area contributed by atoms with Gasteiger partial charge in [-0.1, -0.05) is 0 Å². The number of aliphatic carboxylic acids is 1. The zero-order chi connectivity index (χ0) is 12.8. The zero-order valence-electron chi connectivity index (χ0n) is 8.46. The smallest absolute Gasteiger partial charge is 0.323 e. The molecule has 0 aromatic heterocycles. The number of carboxylic acid groups (broad SMARTS) is 1. The van der Waals surface area contributed by atoms with Gasteiger partial charge >= 0.3 is 11.9 Å². The minimum atomic E-state index is -3.39. The third-order valence-corrected chi connectivity index (χ3v) is 1.71. The number of carbonyl (C=O) groups is 2. The van der Waals surface area contributed by atoms with Gasteiger partial charge in [-0.2, -0.15) is 0 Å². The van der Waals surface area contributed by atoms with Crippen LogP contribution in [0.2, 0.25) is 0 Å². The summed E-state index contributed by atoms with van der Waals surface area (Å²) in [5, 5.41) is 44.2. The van der Waals surface area contributed by atoms with Crippen LogP contribution in [0.4, 0.5) is 0 Å². The molecule has 0 heterocycles. The highest BCUT2D eigenvalue weighted by molar-refractivity contribution is 5.76. The van der Waals surface area contributed by atoms with Gasteiger partial charge in [0.15, 0.2) is 0 Å². The molecule has 1 atom stereocenters. The molecule has 0 aromatic carbocycles. The number of unbranched alkanes of at least 4 members (excludes halogenated alkanes) is 1. The number of carbonyl (C=O) groups excluding carboxylic acids is 1. The Morgan fingerprint density at radius 2 is 1.62 bits per heavy atom. The second-order valence-electron chi connectivity index (χ2n) is 3.26. The fourth-order valence-electron chi connectivity index (χ4n) is 0.883. The van der Waals surface area contributed by atoms with Crippen molar-refractivity contribution in [1.82, 2.24) is 5.32 Å². The summed E-state index contributed by atoms with van der Waals surface area (Å²) in [6.07, 6.45) is -1.79. The Morgan fingerprint density at radius 3 is 2.06 bits per heavy atom. The summed E-state index contributed by atoms with van der Waals surface area (Å²) in [6, 6.07) is 0. The predicted molar refractivity (Wildman–Crippen MR) is 49.6 cm³/mol. The van der Waals surface area contributed by atoms with Crippen LogP contribution in [0.5, 0.6) is 0 Å². The first-order valence-electron chi connectivity index (χ1n) is 4.60. The van der Waals surface area contributed by atoms with E-state index in [-0.39, 0.29) is 19.3 Å². The van der Waals surface area contributed by atoms with E-state index in [1.54, 1.807) is 5.32 Å². The van der Waals surface area contributed by atoms with Gasteiger partial charge in [0.2, 0.25) is 12.1 Å². The fraction of sp³-hybridized carbons (Fsp3) is 0.750. The molecule has 0 aliphatic heterocycles. The molecule has 0 spiro atoms. The Morgan fingerprint density at radius 1 is 1.12 bits per heavy atom. The number of aliphatic hydroxyl groups excluding tert-OH is 1. The first-order chi connectivity index (χ1) is 7.23. The van der Waals surface area contributed by atoms with Crippen molar-refractivity contribution in [2.75, 3.05) is 0 Å². The molecular formula is C8H15NO7. The second kappa shape index (κ2) is 6.38. The summed E-state index contributed by atoms with van der Waals surface area (Å²) >= 11 is 0. The maximum Gasteiger partial charge on any atom is 0.323 e. The van der Waals surface area contributed by atoms with Crippen LogP contribution in [0.15, 0.2) is 0 Å². The van der Waals surface area contributed by atoms with Gasteiger partial charge in [0.1, 0.15) is 0 Å². The summed E-state index contributed by atoms with van der Waals surface area (Å²) in [5.41, 5.74) is 0. The molecule has 0 aliphatic rings. The van der Waals surface area contributed by atoms with Crippen molar-refractivity contribution < 1.29 is 35.1 Å². The lowest BCUT2D eigenvalue weighted by Crippen LogP contribution is -2.52. The van der Waals surface area contributed by atoms with Gasteiger partial charge in [0.25, 0.3) is 0 Å². The molecule has 6 N–H and O–H groups in total. The van der Waals surface area contributed by atoms with Gasteiger partial charge in [-0.25, -0.2) is 0 Å². The molecule has 16 heavy (non-hydrogen) atoms. The van der Waals surface area contributed by atoms with E-state index >= 15 is 0 Å². The summed E-state index contributed by atoms with van der Waals surface area (Å²) in [4.78, 5) is 21.1. The average molecular weight is 237 g/mol. The van der Waals surface area contributed by atoms with Crippen molar-refractivity contribution in [3.8, 4) is 0 Å². The van der Waals surface area contributed by atoms with Crippen LogP contribution in [-0.4, -0.2) is 49.6 Å². The molecule has 8 nitrogen and oxygen atoms in total. The molecule has 0 saturated heterocycles. The normalized spacial score (nSPS) is 13.2. The van der Waals surface area contributed by atoms with Gasteiger partial charge in [-0.15, -0.1) is 0 Å². The minimum absolute atomic E-state index is 0.0697. The van der Waals surface area contributed by atoms with E-state index in [1.165, 1.54) is 0 Å². The molecule has 0 radical (unpaired) electrons. The van der Waals surface area contributed by atoms with E-state index in [0.29, 0.717) is 6.42 Å². The van der Waals surface area contributed by atoms with Gasteiger partial charge < -0.3 is 30.8 Å². The Labute approximate surface area is 91.1 Å². The van der Waals surface area contributed by atoms with Gasteiger partial charge in [-0.3, -0.25) is 9.59 Å². The molecule has 94 valence electrons. The molecule has 1 unspecified atom stereocenters. The van der Waals surface area contributed by atoms with E-state index in [4.69, 9.17) is 25.5 Å². The molecule has 0 aliphatic carbocycles. The molecule has 8 heteroatoms. The SMILES string of the molecule is O=C(O)CCCCC(=O)NC(O)C(O)(O)O. The van der Waals surface area contributed by atoms with Crippen LogP contribution in [0.1, 0.15) is 25.7 Å². The third-order valence-electron chi connectivity index (χ3n) is 1.71. The number of hydrogen-bond donors (Lipinski definition) is 6. The Bertz CT molecular complexity index is 247. The lowest BCUT2D eigenvalue weighted by Gasteiger charge is -2.21. The van der Waals surface area contributed by atoms with Crippen LogP contribution in [0.25, 0.3) is 0 Å². The Balaban J connectivity index is 3.71. The molecule has 0 bridgehead atoms. The summed E-state index contributed by atoms with van der Waals surface area (Å²) in [5.74, 6) is -5.09.